The third kappa shape index (κ3) is 3.84. The van der Waals surface area contributed by atoms with E-state index < -0.39 is 11.6 Å². The van der Waals surface area contributed by atoms with E-state index in [1.165, 1.54) is 25.0 Å². The van der Waals surface area contributed by atoms with Crippen LogP contribution in [-0.2, 0) is 11.2 Å². The maximum absolute atomic E-state index is 13.2. The average molecular weight is 307 g/mol. The first kappa shape index (κ1) is 15.4. The maximum Gasteiger partial charge on any atom is 0.222 e. The number of carbonyl (C=O) groups excluding carboxylic acids is 1. The van der Waals surface area contributed by atoms with E-state index in [1.54, 1.807) is 0 Å². The third-order valence-corrected chi connectivity index (χ3v) is 5.13. The molecule has 0 spiro atoms. The summed E-state index contributed by atoms with van der Waals surface area (Å²) in [6.07, 6.45) is 5.67. The molecule has 2 fully saturated rings. The van der Waals surface area contributed by atoms with Gasteiger partial charge in [-0.2, -0.15) is 0 Å². The van der Waals surface area contributed by atoms with Gasteiger partial charge in [-0.15, -0.1) is 0 Å². The molecule has 1 saturated heterocycles. The number of nitrogens with zero attached hydrogens (tertiary/aromatic N) is 1. The monoisotopic (exact) mass is 307 g/mol. The minimum absolute atomic E-state index is 0.237. The largest absolute Gasteiger partial charge is 0.342 e. The highest BCUT2D eigenvalue weighted by atomic mass is 19.1. The predicted molar refractivity (Wildman–Crippen MR) is 81.3 cm³/mol. The van der Waals surface area contributed by atoms with E-state index in [0.717, 1.165) is 25.5 Å². The van der Waals surface area contributed by atoms with E-state index in [1.807, 2.05) is 4.90 Å². The summed E-state index contributed by atoms with van der Waals surface area (Å²) < 4.78 is 26.4. The van der Waals surface area contributed by atoms with Crippen LogP contribution in [0.3, 0.4) is 0 Å². The minimum Gasteiger partial charge on any atom is -0.342 e. The van der Waals surface area contributed by atoms with E-state index in [-0.39, 0.29) is 5.91 Å². The van der Waals surface area contributed by atoms with Crippen LogP contribution < -0.4 is 0 Å². The molecule has 1 aromatic rings. The van der Waals surface area contributed by atoms with Crippen molar-refractivity contribution in [3.8, 4) is 0 Å². The Morgan fingerprint density at radius 2 is 1.95 bits per heavy atom. The van der Waals surface area contributed by atoms with Crippen LogP contribution in [0.2, 0.25) is 0 Å². The molecule has 1 saturated carbocycles. The normalized spacial score (nSPS) is 22.9. The lowest BCUT2D eigenvalue weighted by atomic mass is 9.98. The number of carbonyl (C=O) groups is 1. The van der Waals surface area contributed by atoms with Gasteiger partial charge < -0.3 is 4.90 Å². The zero-order valence-corrected chi connectivity index (χ0v) is 13.1. The molecule has 0 aromatic heterocycles. The van der Waals surface area contributed by atoms with Gasteiger partial charge in [0.25, 0.3) is 0 Å². The summed E-state index contributed by atoms with van der Waals surface area (Å²) in [5.41, 5.74) is 1.09. The predicted octanol–water partition coefficient (Wildman–Crippen LogP) is 3.94. The zero-order chi connectivity index (χ0) is 15.7. The smallest absolute Gasteiger partial charge is 0.222 e. The van der Waals surface area contributed by atoms with Gasteiger partial charge in [-0.1, -0.05) is 6.92 Å². The fraction of sp³-hybridized carbons (Fsp3) is 0.611. The van der Waals surface area contributed by atoms with Crippen molar-refractivity contribution in [1.29, 1.82) is 0 Å². The number of hydrogen-bond donors (Lipinski definition) is 0. The molecule has 22 heavy (non-hydrogen) atoms. The molecule has 1 atom stereocenters. The van der Waals surface area contributed by atoms with Crippen LogP contribution in [0.5, 0.6) is 0 Å². The molecule has 120 valence electrons. The Kier molecular flexibility index (Phi) is 4.20. The van der Waals surface area contributed by atoms with Gasteiger partial charge in [-0.05, 0) is 61.1 Å². The Hall–Kier alpha value is -1.45. The van der Waals surface area contributed by atoms with E-state index in [4.69, 9.17) is 0 Å². The molecule has 0 radical (unpaired) electrons. The number of amides is 1. The van der Waals surface area contributed by atoms with Crippen molar-refractivity contribution in [2.75, 3.05) is 13.1 Å². The molecule has 0 bridgehead atoms. The molecule has 1 unspecified atom stereocenters. The summed E-state index contributed by atoms with van der Waals surface area (Å²) in [5.74, 6) is -0.514. The Labute approximate surface area is 130 Å². The molecule has 2 aliphatic rings. The first-order valence-electron chi connectivity index (χ1n) is 8.16. The first-order valence-corrected chi connectivity index (χ1v) is 8.16. The first-order chi connectivity index (χ1) is 10.4. The number of hydrogen-bond acceptors (Lipinski definition) is 1. The maximum atomic E-state index is 13.2. The summed E-state index contributed by atoms with van der Waals surface area (Å²) in [7, 11) is 0. The fourth-order valence-electron chi connectivity index (χ4n) is 3.32. The number of benzene rings is 1. The quantitative estimate of drug-likeness (QED) is 0.807. The number of halogens is 2. The summed E-state index contributed by atoms with van der Waals surface area (Å²) in [4.78, 5) is 14.2. The van der Waals surface area contributed by atoms with Crippen LogP contribution in [0.15, 0.2) is 18.2 Å². The second kappa shape index (κ2) is 5.98. The summed E-state index contributed by atoms with van der Waals surface area (Å²) >= 11 is 0. The average Bonchev–Trinajstić information content (AvgIpc) is 2.99. The van der Waals surface area contributed by atoms with E-state index in [9.17, 15) is 13.6 Å². The number of likely N-dealkylation sites (tertiary alicyclic amines) is 1. The highest BCUT2D eigenvalue weighted by Crippen LogP contribution is 2.49. The topological polar surface area (TPSA) is 20.3 Å². The van der Waals surface area contributed by atoms with Crippen LogP contribution in [0.4, 0.5) is 8.78 Å². The van der Waals surface area contributed by atoms with Crippen LogP contribution in [-0.4, -0.2) is 23.9 Å². The lowest BCUT2D eigenvalue weighted by Gasteiger charge is -2.18. The molecule has 4 heteroatoms. The van der Waals surface area contributed by atoms with Gasteiger partial charge >= 0.3 is 0 Å². The Balaban J connectivity index is 1.50. The molecular formula is C18H23F2NO. The van der Waals surface area contributed by atoms with Crippen molar-refractivity contribution in [3.63, 3.8) is 0 Å². The van der Waals surface area contributed by atoms with Crippen molar-refractivity contribution in [1.82, 2.24) is 4.90 Å². The fourth-order valence-corrected chi connectivity index (χ4v) is 3.32. The second-order valence-corrected chi connectivity index (χ2v) is 7.29. The molecule has 3 rings (SSSR count). The van der Waals surface area contributed by atoms with Crippen LogP contribution in [0, 0.1) is 23.0 Å². The standard InChI is InChI=1S/C18H23F2NO/c1-18(5-6-18)4-2-17(22)21-7-3-13(12-21)8-14-9-15(19)11-16(20)10-14/h9-11,13H,2-8,12H2,1H3. The molecule has 1 aromatic carbocycles. The number of rotatable bonds is 5. The van der Waals surface area contributed by atoms with Crippen molar-refractivity contribution in [3.05, 3.63) is 35.4 Å². The molecule has 2 nitrogen and oxygen atoms in total. The van der Waals surface area contributed by atoms with Gasteiger partial charge in [0.05, 0.1) is 0 Å². The lowest BCUT2D eigenvalue weighted by Crippen LogP contribution is -2.29. The summed E-state index contributed by atoms with van der Waals surface area (Å²) in [5, 5.41) is 0. The zero-order valence-electron chi connectivity index (χ0n) is 13.1. The van der Waals surface area contributed by atoms with Crippen LogP contribution in [0.25, 0.3) is 0 Å². The van der Waals surface area contributed by atoms with Gasteiger partial charge in [0.1, 0.15) is 11.6 Å². The van der Waals surface area contributed by atoms with Crippen molar-refractivity contribution < 1.29 is 13.6 Å². The lowest BCUT2D eigenvalue weighted by molar-refractivity contribution is -0.130. The van der Waals surface area contributed by atoms with Gasteiger partial charge in [0.2, 0.25) is 5.91 Å². The Morgan fingerprint density at radius 3 is 2.59 bits per heavy atom. The van der Waals surface area contributed by atoms with E-state index in [2.05, 4.69) is 6.92 Å². The van der Waals surface area contributed by atoms with Gasteiger partial charge in [-0.25, -0.2) is 8.78 Å². The van der Waals surface area contributed by atoms with Crippen molar-refractivity contribution in [2.45, 2.75) is 45.4 Å². The van der Waals surface area contributed by atoms with Crippen molar-refractivity contribution in [2.24, 2.45) is 11.3 Å². The highest BCUT2D eigenvalue weighted by molar-refractivity contribution is 5.76. The molecule has 1 amide bonds. The highest BCUT2D eigenvalue weighted by Gasteiger charge is 2.37. The molecule has 1 aliphatic heterocycles. The molecule has 1 heterocycles. The summed E-state index contributed by atoms with van der Waals surface area (Å²) in [6.45, 7) is 3.73. The van der Waals surface area contributed by atoms with E-state index in [0.29, 0.717) is 36.3 Å². The van der Waals surface area contributed by atoms with Crippen molar-refractivity contribution >= 4 is 5.91 Å². The third-order valence-electron chi connectivity index (χ3n) is 5.13. The van der Waals surface area contributed by atoms with Gasteiger partial charge in [-0.3, -0.25) is 4.79 Å². The summed E-state index contributed by atoms with van der Waals surface area (Å²) in [6, 6.07) is 3.68. The van der Waals surface area contributed by atoms with Crippen LogP contribution in [0.1, 0.15) is 44.6 Å². The minimum atomic E-state index is -0.529. The Morgan fingerprint density at radius 1 is 1.27 bits per heavy atom. The second-order valence-electron chi connectivity index (χ2n) is 7.29. The van der Waals surface area contributed by atoms with Gasteiger partial charge in [0.15, 0.2) is 0 Å². The van der Waals surface area contributed by atoms with Crippen LogP contribution >= 0.6 is 0 Å². The molecular weight excluding hydrogens is 284 g/mol. The molecule has 1 aliphatic carbocycles. The Bertz CT molecular complexity index is 548. The molecule has 0 N–H and O–H groups in total. The SMILES string of the molecule is CC1(CCC(=O)N2CCC(Cc3cc(F)cc(F)c3)C2)CC1. The van der Waals surface area contributed by atoms with E-state index >= 15 is 0 Å². The van der Waals surface area contributed by atoms with Gasteiger partial charge in [0, 0.05) is 25.6 Å².